The second-order valence-corrected chi connectivity index (χ2v) is 3.40. The molecule has 0 unspecified atom stereocenters. The van der Waals surface area contributed by atoms with Gasteiger partial charge in [0.2, 0.25) is 11.6 Å². The Morgan fingerprint density at radius 1 is 1.11 bits per heavy atom. The highest BCUT2D eigenvalue weighted by molar-refractivity contribution is 6.12. The normalized spacial score (nSPS) is 10.8. The molecular weight excluding hydrogens is 240 g/mol. The third-order valence-electron chi connectivity index (χ3n) is 2.45. The minimum Gasteiger partial charge on any atom is -0.429 e. The average molecular weight is 251 g/mol. The summed E-state index contributed by atoms with van der Waals surface area (Å²) < 4.78 is 4.50. The topological polar surface area (TPSA) is 101 Å². The van der Waals surface area contributed by atoms with Crippen LogP contribution in [0.4, 0.5) is 0 Å². The molecule has 0 aromatic heterocycles. The smallest absolute Gasteiger partial charge is 0.419 e. The van der Waals surface area contributed by atoms with Gasteiger partial charge >= 0.3 is 6.47 Å². The van der Waals surface area contributed by atoms with E-state index in [0.29, 0.717) is 0 Å². The summed E-state index contributed by atoms with van der Waals surface area (Å²) in [4.78, 5) is 33.9. The Kier molecular flexibility index (Phi) is 4.70. The summed E-state index contributed by atoms with van der Waals surface area (Å²) in [5.74, 6) is -2.09. The molecule has 6 nitrogen and oxygen atoms in total. The third-order valence-corrected chi connectivity index (χ3v) is 2.45. The quantitative estimate of drug-likeness (QED) is 0.608. The number of aliphatic hydroxyl groups excluding tert-OH is 2. The maximum absolute atomic E-state index is 11.7. The van der Waals surface area contributed by atoms with Crippen LogP contribution >= 0.6 is 0 Å². The molecule has 0 saturated carbocycles. The Bertz CT molecular complexity index is 423. The minimum absolute atomic E-state index is 0.0476. The van der Waals surface area contributed by atoms with Crippen molar-refractivity contribution in [2.24, 2.45) is 0 Å². The van der Waals surface area contributed by atoms with Crippen molar-refractivity contribution in [1.82, 2.24) is 0 Å². The molecule has 0 aliphatic rings. The van der Waals surface area contributed by atoms with Crippen LogP contribution in [0.5, 0.6) is 0 Å². The number of benzene rings is 1. The lowest BCUT2D eigenvalue weighted by molar-refractivity contribution is -0.153. The zero-order valence-electron chi connectivity index (χ0n) is 9.33. The van der Waals surface area contributed by atoms with Crippen LogP contribution < -0.4 is 0 Å². The predicted molar refractivity (Wildman–Crippen MR) is 59.1 cm³/mol. The maximum Gasteiger partial charge on any atom is 0.419 e. The highest BCUT2D eigenvalue weighted by atomic mass is 16.5. The molecular formula is C12H11O6. The summed E-state index contributed by atoms with van der Waals surface area (Å²) in [6.45, 7) is -1.000. The van der Waals surface area contributed by atoms with Crippen LogP contribution in [-0.2, 0) is 24.7 Å². The first-order valence-corrected chi connectivity index (χ1v) is 5.02. The largest absolute Gasteiger partial charge is 0.429 e. The van der Waals surface area contributed by atoms with Gasteiger partial charge in [-0.05, 0) is 0 Å². The standard InChI is InChI=1S/C12H11O6/c13-6-10(16)12(18-8-15,11(17)7-14)9-4-2-1-3-5-9/h1-5,13-14H,6-7H2. The number of rotatable bonds is 7. The molecule has 0 heterocycles. The van der Waals surface area contributed by atoms with Crippen molar-refractivity contribution in [2.45, 2.75) is 5.60 Å². The van der Waals surface area contributed by atoms with Crippen molar-refractivity contribution in [3.63, 3.8) is 0 Å². The number of aliphatic hydroxyl groups is 2. The van der Waals surface area contributed by atoms with E-state index in [9.17, 15) is 14.4 Å². The van der Waals surface area contributed by atoms with Crippen molar-refractivity contribution >= 4 is 18.0 Å². The minimum atomic E-state index is -2.34. The fraction of sp³-hybridized carbons (Fsp3) is 0.250. The Morgan fingerprint density at radius 3 is 2.00 bits per heavy atom. The Balaban J connectivity index is 3.42. The molecule has 2 N–H and O–H groups in total. The zero-order valence-corrected chi connectivity index (χ0v) is 9.33. The van der Waals surface area contributed by atoms with Gasteiger partial charge in [0.25, 0.3) is 5.60 Å². The molecule has 1 radical (unpaired) electrons. The summed E-state index contributed by atoms with van der Waals surface area (Å²) in [7, 11) is 0. The van der Waals surface area contributed by atoms with Crippen LogP contribution in [0.3, 0.4) is 0 Å². The Hall–Kier alpha value is -2.05. The van der Waals surface area contributed by atoms with Gasteiger partial charge in [0.1, 0.15) is 13.2 Å². The monoisotopic (exact) mass is 251 g/mol. The van der Waals surface area contributed by atoms with Crippen LogP contribution in [0.1, 0.15) is 5.56 Å². The molecule has 0 atom stereocenters. The zero-order chi connectivity index (χ0) is 13.6. The summed E-state index contributed by atoms with van der Waals surface area (Å²) in [5.41, 5.74) is -2.29. The number of hydrogen-bond donors (Lipinski definition) is 2. The van der Waals surface area contributed by atoms with E-state index in [4.69, 9.17) is 10.2 Å². The molecule has 0 aliphatic heterocycles. The lowest BCUT2D eigenvalue weighted by atomic mass is 9.85. The summed E-state index contributed by atoms with van der Waals surface area (Å²) in [6.07, 6.45) is 0. The van der Waals surface area contributed by atoms with E-state index in [1.807, 2.05) is 0 Å². The summed E-state index contributed by atoms with van der Waals surface area (Å²) in [6, 6.07) is 7.42. The van der Waals surface area contributed by atoms with E-state index in [1.54, 1.807) is 6.07 Å². The van der Waals surface area contributed by atoms with Crippen LogP contribution in [0, 0.1) is 0 Å². The molecule has 18 heavy (non-hydrogen) atoms. The molecule has 0 bridgehead atoms. The van der Waals surface area contributed by atoms with Crippen molar-refractivity contribution in [3.05, 3.63) is 35.9 Å². The number of carbonyl (C=O) groups is 2. The molecule has 1 aromatic carbocycles. The molecule has 1 aromatic rings. The van der Waals surface area contributed by atoms with Gasteiger partial charge in [-0.2, -0.15) is 0 Å². The van der Waals surface area contributed by atoms with Gasteiger partial charge in [0, 0.05) is 5.56 Å². The second-order valence-electron chi connectivity index (χ2n) is 3.40. The maximum atomic E-state index is 11.7. The van der Waals surface area contributed by atoms with Crippen molar-refractivity contribution < 1.29 is 29.3 Å². The highest BCUT2D eigenvalue weighted by Gasteiger charge is 2.48. The van der Waals surface area contributed by atoms with Crippen molar-refractivity contribution in [1.29, 1.82) is 0 Å². The first-order valence-electron chi connectivity index (χ1n) is 5.02. The van der Waals surface area contributed by atoms with E-state index in [0.717, 1.165) is 6.47 Å². The SMILES string of the molecule is O=[C]OC(C(=O)CO)(C(=O)CO)c1ccccc1. The van der Waals surface area contributed by atoms with Crippen LogP contribution in [-0.4, -0.2) is 41.5 Å². The second kappa shape index (κ2) is 6.04. The van der Waals surface area contributed by atoms with Gasteiger partial charge < -0.3 is 14.9 Å². The molecule has 0 spiro atoms. The van der Waals surface area contributed by atoms with Crippen LogP contribution in [0.15, 0.2) is 30.3 Å². The Morgan fingerprint density at radius 2 is 1.61 bits per heavy atom. The Labute approximate surface area is 103 Å². The number of hydrogen-bond acceptors (Lipinski definition) is 6. The van der Waals surface area contributed by atoms with Crippen molar-refractivity contribution in [2.75, 3.05) is 13.2 Å². The molecule has 1 rings (SSSR count). The van der Waals surface area contributed by atoms with E-state index >= 15 is 0 Å². The van der Waals surface area contributed by atoms with Crippen LogP contribution in [0.2, 0.25) is 0 Å². The average Bonchev–Trinajstić information content (AvgIpc) is 2.44. The van der Waals surface area contributed by atoms with E-state index < -0.39 is 30.4 Å². The van der Waals surface area contributed by atoms with Gasteiger partial charge in [-0.3, -0.25) is 9.59 Å². The molecule has 95 valence electrons. The molecule has 6 heteroatoms. The van der Waals surface area contributed by atoms with Gasteiger partial charge in [0.05, 0.1) is 0 Å². The van der Waals surface area contributed by atoms with Crippen LogP contribution in [0.25, 0.3) is 0 Å². The van der Waals surface area contributed by atoms with Gasteiger partial charge in [-0.15, -0.1) is 0 Å². The number of carbonyl (C=O) groups excluding carboxylic acids is 3. The fourth-order valence-corrected chi connectivity index (χ4v) is 1.61. The van der Waals surface area contributed by atoms with Gasteiger partial charge in [0.15, 0.2) is 0 Å². The number of Topliss-reactive ketones (excluding diaryl/α,β-unsaturated/α-hetero) is 2. The lowest BCUT2D eigenvalue weighted by Crippen LogP contribution is -2.49. The third kappa shape index (κ3) is 2.29. The first kappa shape index (κ1) is 14.0. The lowest BCUT2D eigenvalue weighted by Gasteiger charge is -2.27. The van der Waals surface area contributed by atoms with Gasteiger partial charge in [-0.25, -0.2) is 4.79 Å². The fourth-order valence-electron chi connectivity index (χ4n) is 1.61. The molecule has 0 fully saturated rings. The van der Waals surface area contributed by atoms with E-state index in [2.05, 4.69) is 4.74 Å². The summed E-state index contributed by atoms with van der Waals surface area (Å²) >= 11 is 0. The molecule has 0 saturated heterocycles. The van der Waals surface area contributed by atoms with Gasteiger partial charge in [-0.1, -0.05) is 30.3 Å². The number of ether oxygens (including phenoxy) is 1. The predicted octanol–water partition coefficient (Wildman–Crippen LogP) is -0.911. The summed E-state index contributed by atoms with van der Waals surface area (Å²) in [5, 5.41) is 17.8. The molecule has 0 aliphatic carbocycles. The first-order chi connectivity index (χ1) is 8.63. The highest BCUT2D eigenvalue weighted by Crippen LogP contribution is 2.27. The van der Waals surface area contributed by atoms with E-state index in [1.165, 1.54) is 24.3 Å². The van der Waals surface area contributed by atoms with Crippen molar-refractivity contribution in [3.8, 4) is 0 Å². The number of ketones is 2. The molecule has 0 amide bonds. The van der Waals surface area contributed by atoms with E-state index in [-0.39, 0.29) is 5.56 Å².